The van der Waals surface area contributed by atoms with E-state index in [1.165, 1.54) is 14.2 Å². The van der Waals surface area contributed by atoms with Crippen LogP contribution >= 0.6 is 0 Å². The first kappa shape index (κ1) is 16.1. The lowest BCUT2D eigenvalue weighted by atomic mass is 9.87. The van der Waals surface area contributed by atoms with Gasteiger partial charge in [-0.25, -0.2) is 0 Å². The van der Waals surface area contributed by atoms with Gasteiger partial charge in [0.15, 0.2) is 11.5 Å². The quantitative estimate of drug-likeness (QED) is 0.919. The number of methoxy groups -OCH3 is 2. The van der Waals surface area contributed by atoms with Crippen LogP contribution in [0.4, 0.5) is 0 Å². The van der Waals surface area contributed by atoms with Crippen molar-refractivity contribution in [2.75, 3.05) is 27.3 Å². The molecule has 1 N–H and O–H groups in total. The largest absolute Gasteiger partial charge is 0.493 e. The monoisotopic (exact) mass is 307 g/mol. The molecule has 0 aromatic heterocycles. The molecule has 2 unspecified atom stereocenters. The molecule has 1 amide bonds. The predicted molar refractivity (Wildman–Crippen MR) is 80.4 cm³/mol. The van der Waals surface area contributed by atoms with Crippen molar-refractivity contribution in [1.82, 2.24) is 4.90 Å². The van der Waals surface area contributed by atoms with Crippen molar-refractivity contribution < 1.29 is 24.2 Å². The SMILES string of the molecule is COc1ccc(C(=O)N2CCC(C(=O)O)C(C)C2)cc1OC. The molecule has 1 aromatic carbocycles. The van der Waals surface area contributed by atoms with Crippen LogP contribution in [0, 0.1) is 11.8 Å². The predicted octanol–water partition coefficient (Wildman–Crippen LogP) is 1.89. The van der Waals surface area contributed by atoms with E-state index in [0.717, 1.165) is 0 Å². The van der Waals surface area contributed by atoms with Crippen LogP contribution in [-0.2, 0) is 4.79 Å². The molecule has 0 bridgehead atoms. The zero-order valence-electron chi connectivity index (χ0n) is 13.0. The van der Waals surface area contributed by atoms with Crippen LogP contribution in [-0.4, -0.2) is 49.2 Å². The van der Waals surface area contributed by atoms with E-state index >= 15 is 0 Å². The van der Waals surface area contributed by atoms with E-state index in [1.54, 1.807) is 23.1 Å². The zero-order chi connectivity index (χ0) is 16.3. The lowest BCUT2D eigenvalue weighted by molar-refractivity contribution is -0.145. The fraction of sp³-hybridized carbons (Fsp3) is 0.500. The van der Waals surface area contributed by atoms with Crippen LogP contribution in [0.25, 0.3) is 0 Å². The summed E-state index contributed by atoms with van der Waals surface area (Å²) in [6, 6.07) is 5.03. The first-order valence-corrected chi connectivity index (χ1v) is 7.22. The molecule has 0 saturated carbocycles. The van der Waals surface area contributed by atoms with E-state index < -0.39 is 5.97 Å². The minimum atomic E-state index is -0.786. The molecule has 2 atom stereocenters. The summed E-state index contributed by atoms with van der Waals surface area (Å²) in [5, 5.41) is 9.14. The number of benzene rings is 1. The number of carboxylic acids is 1. The number of aliphatic carboxylic acids is 1. The van der Waals surface area contributed by atoms with Crippen LogP contribution in [0.15, 0.2) is 18.2 Å². The molecule has 0 aliphatic carbocycles. The molecule has 120 valence electrons. The number of amides is 1. The second-order valence-corrected chi connectivity index (χ2v) is 5.53. The first-order valence-electron chi connectivity index (χ1n) is 7.22. The van der Waals surface area contributed by atoms with Crippen LogP contribution in [0.3, 0.4) is 0 Å². The van der Waals surface area contributed by atoms with Gasteiger partial charge in [-0.15, -0.1) is 0 Å². The van der Waals surface area contributed by atoms with E-state index in [0.29, 0.717) is 36.6 Å². The maximum absolute atomic E-state index is 12.6. The van der Waals surface area contributed by atoms with Crippen molar-refractivity contribution in [1.29, 1.82) is 0 Å². The maximum atomic E-state index is 12.6. The Morgan fingerprint density at radius 2 is 1.91 bits per heavy atom. The molecule has 0 radical (unpaired) electrons. The third-order valence-electron chi connectivity index (χ3n) is 4.14. The highest BCUT2D eigenvalue weighted by molar-refractivity contribution is 5.95. The summed E-state index contributed by atoms with van der Waals surface area (Å²) in [6.45, 7) is 2.77. The Bertz CT molecular complexity index is 572. The fourth-order valence-corrected chi connectivity index (χ4v) is 2.85. The van der Waals surface area contributed by atoms with Crippen molar-refractivity contribution in [2.45, 2.75) is 13.3 Å². The Balaban J connectivity index is 2.14. The van der Waals surface area contributed by atoms with Gasteiger partial charge >= 0.3 is 5.97 Å². The van der Waals surface area contributed by atoms with Gasteiger partial charge in [-0.3, -0.25) is 9.59 Å². The standard InChI is InChI=1S/C16H21NO5/c1-10-9-17(7-6-12(10)16(19)20)15(18)11-4-5-13(21-2)14(8-11)22-3/h4-5,8,10,12H,6-7,9H2,1-3H3,(H,19,20). The topological polar surface area (TPSA) is 76.1 Å². The minimum absolute atomic E-state index is 0.0599. The fourth-order valence-electron chi connectivity index (χ4n) is 2.85. The number of hydrogen-bond donors (Lipinski definition) is 1. The number of ether oxygens (including phenoxy) is 2. The highest BCUT2D eigenvalue weighted by atomic mass is 16.5. The molecular formula is C16H21NO5. The Labute approximate surface area is 129 Å². The van der Waals surface area contributed by atoms with Crippen LogP contribution in [0.1, 0.15) is 23.7 Å². The lowest BCUT2D eigenvalue weighted by Gasteiger charge is -2.35. The van der Waals surface area contributed by atoms with E-state index in [4.69, 9.17) is 14.6 Å². The summed E-state index contributed by atoms with van der Waals surface area (Å²) < 4.78 is 10.4. The summed E-state index contributed by atoms with van der Waals surface area (Å²) in [5.41, 5.74) is 0.513. The number of carbonyl (C=O) groups excluding carboxylic acids is 1. The average Bonchev–Trinajstić information content (AvgIpc) is 2.52. The van der Waals surface area contributed by atoms with Gasteiger partial charge in [0, 0.05) is 18.7 Å². The van der Waals surface area contributed by atoms with Gasteiger partial charge < -0.3 is 19.5 Å². The summed E-state index contributed by atoms with van der Waals surface area (Å²) >= 11 is 0. The van der Waals surface area contributed by atoms with Gasteiger partial charge in [0.1, 0.15) is 0 Å². The molecule has 6 heteroatoms. The van der Waals surface area contributed by atoms with E-state index in [2.05, 4.69) is 0 Å². The summed E-state index contributed by atoms with van der Waals surface area (Å²) in [7, 11) is 3.06. The van der Waals surface area contributed by atoms with Crippen LogP contribution < -0.4 is 9.47 Å². The average molecular weight is 307 g/mol. The number of nitrogens with zero attached hydrogens (tertiary/aromatic N) is 1. The molecule has 1 fully saturated rings. The molecule has 1 aromatic rings. The Hall–Kier alpha value is -2.24. The van der Waals surface area contributed by atoms with Gasteiger partial charge in [-0.05, 0) is 30.5 Å². The second-order valence-electron chi connectivity index (χ2n) is 5.53. The second kappa shape index (κ2) is 6.68. The number of hydrogen-bond acceptors (Lipinski definition) is 4. The van der Waals surface area contributed by atoms with E-state index in [1.807, 2.05) is 6.92 Å². The first-order chi connectivity index (χ1) is 10.5. The Morgan fingerprint density at radius 3 is 2.45 bits per heavy atom. The molecule has 1 aliphatic rings. The van der Waals surface area contributed by atoms with Crippen LogP contribution in [0.5, 0.6) is 11.5 Å². The van der Waals surface area contributed by atoms with Gasteiger partial charge in [0.2, 0.25) is 0 Å². The lowest BCUT2D eigenvalue weighted by Crippen LogP contribution is -2.45. The molecule has 2 rings (SSSR count). The highest BCUT2D eigenvalue weighted by Gasteiger charge is 2.33. The third kappa shape index (κ3) is 3.16. The van der Waals surface area contributed by atoms with Gasteiger partial charge in [-0.2, -0.15) is 0 Å². The molecule has 0 spiro atoms. The zero-order valence-corrected chi connectivity index (χ0v) is 13.0. The Kier molecular flexibility index (Phi) is 4.90. The van der Waals surface area contributed by atoms with E-state index in [-0.39, 0.29) is 17.7 Å². The number of rotatable bonds is 4. The van der Waals surface area contributed by atoms with Crippen molar-refractivity contribution in [2.24, 2.45) is 11.8 Å². The number of likely N-dealkylation sites (tertiary alicyclic amines) is 1. The molecule has 6 nitrogen and oxygen atoms in total. The molecular weight excluding hydrogens is 286 g/mol. The maximum Gasteiger partial charge on any atom is 0.306 e. The number of carboxylic acid groups (broad SMARTS) is 1. The summed E-state index contributed by atoms with van der Waals surface area (Å²) in [6.07, 6.45) is 0.482. The highest BCUT2D eigenvalue weighted by Crippen LogP contribution is 2.29. The summed E-state index contributed by atoms with van der Waals surface area (Å²) in [4.78, 5) is 25.4. The van der Waals surface area contributed by atoms with E-state index in [9.17, 15) is 9.59 Å². The molecule has 1 heterocycles. The Morgan fingerprint density at radius 1 is 1.23 bits per heavy atom. The van der Waals surface area contributed by atoms with Crippen LogP contribution in [0.2, 0.25) is 0 Å². The smallest absolute Gasteiger partial charge is 0.306 e. The number of carbonyl (C=O) groups is 2. The molecule has 1 saturated heterocycles. The third-order valence-corrected chi connectivity index (χ3v) is 4.14. The van der Waals surface area contributed by atoms with Crippen molar-refractivity contribution in [3.05, 3.63) is 23.8 Å². The van der Waals surface area contributed by atoms with Gasteiger partial charge in [-0.1, -0.05) is 6.92 Å². The van der Waals surface area contributed by atoms with Crippen molar-refractivity contribution >= 4 is 11.9 Å². The molecule has 1 aliphatic heterocycles. The van der Waals surface area contributed by atoms with Crippen molar-refractivity contribution in [3.63, 3.8) is 0 Å². The normalized spacial score (nSPS) is 21.3. The van der Waals surface area contributed by atoms with Gasteiger partial charge in [0.25, 0.3) is 5.91 Å². The van der Waals surface area contributed by atoms with Crippen molar-refractivity contribution in [3.8, 4) is 11.5 Å². The molecule has 22 heavy (non-hydrogen) atoms. The van der Waals surface area contributed by atoms with Gasteiger partial charge in [0.05, 0.1) is 20.1 Å². The number of piperidine rings is 1. The minimum Gasteiger partial charge on any atom is -0.493 e. The summed E-state index contributed by atoms with van der Waals surface area (Å²) in [5.74, 6) is -0.272.